The van der Waals surface area contributed by atoms with Gasteiger partial charge < -0.3 is 9.47 Å². The average Bonchev–Trinajstić information content (AvgIpc) is 2.59. The normalized spacial score (nSPS) is 9.96. The smallest absolute Gasteiger partial charge is 0.338 e. The van der Waals surface area contributed by atoms with Crippen LogP contribution < -0.4 is 4.74 Å². The molecule has 0 saturated heterocycles. The molecule has 0 aliphatic carbocycles. The van der Waals surface area contributed by atoms with Crippen LogP contribution in [0.15, 0.2) is 48.5 Å². The van der Waals surface area contributed by atoms with Gasteiger partial charge in [-0.3, -0.25) is 19.7 Å². The van der Waals surface area contributed by atoms with Crippen LogP contribution in [0.1, 0.15) is 27.6 Å². The molecule has 0 bridgehead atoms. The lowest BCUT2D eigenvalue weighted by Gasteiger charge is -2.05. The number of carbonyl (C=O) groups is 3. The molecule has 0 radical (unpaired) electrons. The molecule has 0 aromatic heterocycles. The van der Waals surface area contributed by atoms with Gasteiger partial charge in [0.2, 0.25) is 0 Å². The Morgan fingerprint density at radius 3 is 2.32 bits per heavy atom. The first-order valence-corrected chi connectivity index (χ1v) is 7.10. The summed E-state index contributed by atoms with van der Waals surface area (Å²) in [6, 6.07) is 10.8. The molecule has 8 nitrogen and oxygen atoms in total. The summed E-state index contributed by atoms with van der Waals surface area (Å²) in [5.74, 6) is -1.50. The Morgan fingerprint density at radius 1 is 1.04 bits per heavy atom. The number of nitrogens with zero attached hydrogens (tertiary/aromatic N) is 1. The molecular weight excluding hydrogens is 330 g/mol. The Morgan fingerprint density at radius 2 is 1.72 bits per heavy atom. The fourth-order valence-corrected chi connectivity index (χ4v) is 1.92. The number of benzene rings is 2. The number of non-ortho nitro benzene ring substituents is 1. The molecule has 0 spiro atoms. The molecule has 25 heavy (non-hydrogen) atoms. The van der Waals surface area contributed by atoms with E-state index in [1.54, 1.807) is 0 Å². The van der Waals surface area contributed by atoms with Gasteiger partial charge in [-0.1, -0.05) is 6.07 Å². The van der Waals surface area contributed by atoms with Crippen molar-refractivity contribution in [2.75, 3.05) is 6.61 Å². The van der Waals surface area contributed by atoms with E-state index in [0.29, 0.717) is 0 Å². The van der Waals surface area contributed by atoms with Gasteiger partial charge in [0.15, 0.2) is 12.4 Å². The average molecular weight is 343 g/mol. The molecule has 0 heterocycles. The van der Waals surface area contributed by atoms with Crippen LogP contribution in [0.4, 0.5) is 5.69 Å². The summed E-state index contributed by atoms with van der Waals surface area (Å²) in [6.45, 7) is 0.737. The predicted molar refractivity (Wildman–Crippen MR) is 85.5 cm³/mol. The van der Waals surface area contributed by atoms with Crippen LogP contribution in [0.3, 0.4) is 0 Å². The lowest BCUT2D eigenvalue weighted by atomic mass is 10.1. The minimum atomic E-state index is -0.839. The third-order valence-corrected chi connectivity index (χ3v) is 3.06. The number of nitro groups is 1. The Bertz CT molecular complexity index is 827. The Kier molecular flexibility index (Phi) is 5.57. The van der Waals surface area contributed by atoms with Gasteiger partial charge in [0.25, 0.3) is 5.69 Å². The standard InChI is InChI=1S/C17H13NO7/c1-11(19)25-15-7-5-12(6-8-15)16(20)10-24-17(21)13-3-2-4-14(9-13)18(22)23/h2-9H,10H2,1H3. The van der Waals surface area contributed by atoms with Crippen LogP contribution >= 0.6 is 0 Å². The number of rotatable bonds is 6. The Labute approximate surface area is 142 Å². The molecule has 0 fully saturated rings. The molecule has 0 amide bonds. The van der Waals surface area contributed by atoms with Gasteiger partial charge >= 0.3 is 11.9 Å². The highest BCUT2D eigenvalue weighted by Crippen LogP contribution is 2.15. The summed E-state index contributed by atoms with van der Waals surface area (Å²) < 4.78 is 9.72. The van der Waals surface area contributed by atoms with Gasteiger partial charge in [-0.05, 0) is 30.3 Å². The molecule has 2 aromatic rings. The third kappa shape index (κ3) is 4.96. The second kappa shape index (κ2) is 7.82. The fourth-order valence-electron chi connectivity index (χ4n) is 1.92. The third-order valence-electron chi connectivity index (χ3n) is 3.06. The highest BCUT2D eigenvalue weighted by atomic mass is 16.6. The molecule has 0 aliphatic rings. The summed E-state index contributed by atoms with van der Waals surface area (Å²) in [5, 5.41) is 10.7. The lowest BCUT2D eigenvalue weighted by Crippen LogP contribution is -2.14. The molecule has 2 aromatic carbocycles. The topological polar surface area (TPSA) is 113 Å². The van der Waals surface area contributed by atoms with Crippen molar-refractivity contribution >= 4 is 23.4 Å². The van der Waals surface area contributed by atoms with Gasteiger partial charge in [0.1, 0.15) is 5.75 Å². The fraction of sp³-hybridized carbons (Fsp3) is 0.118. The highest BCUT2D eigenvalue weighted by Gasteiger charge is 2.15. The van der Waals surface area contributed by atoms with Crippen LogP contribution in [0.5, 0.6) is 5.75 Å². The zero-order valence-corrected chi connectivity index (χ0v) is 13.1. The zero-order valence-electron chi connectivity index (χ0n) is 13.1. The van der Waals surface area contributed by atoms with Crippen molar-refractivity contribution in [3.63, 3.8) is 0 Å². The molecule has 0 aliphatic heterocycles. The van der Waals surface area contributed by atoms with Crippen LogP contribution in [0.25, 0.3) is 0 Å². The maximum absolute atomic E-state index is 12.0. The number of carbonyl (C=O) groups excluding carboxylic acids is 3. The van der Waals surface area contributed by atoms with Crippen molar-refractivity contribution in [3.05, 3.63) is 69.8 Å². The summed E-state index contributed by atoms with van der Waals surface area (Å²) in [6.07, 6.45) is 0. The number of hydrogen-bond donors (Lipinski definition) is 0. The van der Waals surface area contributed by atoms with Crippen molar-refractivity contribution < 1.29 is 28.8 Å². The molecule has 2 rings (SSSR count). The van der Waals surface area contributed by atoms with Crippen molar-refractivity contribution in [2.45, 2.75) is 6.92 Å². The number of ether oxygens (including phenoxy) is 2. The molecule has 0 unspecified atom stereocenters. The second-order valence-corrected chi connectivity index (χ2v) is 4.92. The second-order valence-electron chi connectivity index (χ2n) is 4.92. The predicted octanol–water partition coefficient (Wildman–Crippen LogP) is 2.56. The van der Waals surface area contributed by atoms with E-state index < -0.39 is 29.3 Å². The summed E-state index contributed by atoms with van der Waals surface area (Å²) in [5.41, 5.74) is -0.00297. The molecular formula is C17H13NO7. The number of Topliss-reactive ketones (excluding diaryl/α,β-unsaturated/α-hetero) is 1. The Balaban J connectivity index is 1.97. The molecule has 8 heteroatoms. The highest BCUT2D eigenvalue weighted by molar-refractivity contribution is 5.99. The minimum Gasteiger partial charge on any atom is -0.454 e. The number of ketones is 1. The Hall–Kier alpha value is -3.55. The molecule has 0 saturated carbocycles. The van der Waals surface area contributed by atoms with Crippen molar-refractivity contribution in [1.29, 1.82) is 0 Å². The maximum Gasteiger partial charge on any atom is 0.338 e. The number of hydrogen-bond acceptors (Lipinski definition) is 7. The minimum absolute atomic E-state index is 0.0211. The monoisotopic (exact) mass is 343 g/mol. The first-order valence-electron chi connectivity index (χ1n) is 7.10. The van der Waals surface area contributed by atoms with Crippen LogP contribution in [0.2, 0.25) is 0 Å². The summed E-state index contributed by atoms with van der Waals surface area (Å²) in [4.78, 5) is 44.8. The SMILES string of the molecule is CC(=O)Oc1ccc(C(=O)COC(=O)c2cccc([N+](=O)[O-])c2)cc1. The van der Waals surface area contributed by atoms with Gasteiger partial charge in [-0.25, -0.2) is 4.79 Å². The van der Waals surface area contributed by atoms with E-state index in [2.05, 4.69) is 0 Å². The van der Waals surface area contributed by atoms with Crippen LogP contribution in [-0.2, 0) is 9.53 Å². The van der Waals surface area contributed by atoms with Gasteiger partial charge in [-0.15, -0.1) is 0 Å². The lowest BCUT2D eigenvalue weighted by molar-refractivity contribution is -0.384. The van der Waals surface area contributed by atoms with E-state index in [-0.39, 0.29) is 22.6 Å². The van der Waals surface area contributed by atoms with Gasteiger partial charge in [0.05, 0.1) is 10.5 Å². The van der Waals surface area contributed by atoms with Crippen LogP contribution in [-0.4, -0.2) is 29.3 Å². The number of nitro benzene ring substituents is 1. The summed E-state index contributed by atoms with van der Waals surface area (Å²) in [7, 11) is 0. The van der Waals surface area contributed by atoms with Crippen LogP contribution in [0, 0.1) is 10.1 Å². The number of esters is 2. The van der Waals surface area contributed by atoms with Crippen molar-refractivity contribution in [3.8, 4) is 5.75 Å². The van der Waals surface area contributed by atoms with E-state index >= 15 is 0 Å². The largest absolute Gasteiger partial charge is 0.454 e. The molecule has 128 valence electrons. The quantitative estimate of drug-likeness (QED) is 0.260. The van der Waals surface area contributed by atoms with Crippen molar-refractivity contribution in [1.82, 2.24) is 0 Å². The first-order chi connectivity index (χ1) is 11.9. The van der Waals surface area contributed by atoms with E-state index in [1.165, 1.54) is 49.4 Å². The molecule has 0 atom stereocenters. The maximum atomic E-state index is 12.0. The van der Waals surface area contributed by atoms with E-state index in [9.17, 15) is 24.5 Å². The van der Waals surface area contributed by atoms with E-state index in [0.717, 1.165) is 6.07 Å². The molecule has 0 N–H and O–H groups in total. The summed E-state index contributed by atoms with van der Waals surface area (Å²) >= 11 is 0. The first kappa shape index (κ1) is 17.8. The van der Waals surface area contributed by atoms with Gasteiger partial charge in [0, 0.05) is 24.6 Å². The van der Waals surface area contributed by atoms with Crippen molar-refractivity contribution in [2.24, 2.45) is 0 Å². The van der Waals surface area contributed by atoms with E-state index in [4.69, 9.17) is 9.47 Å². The zero-order chi connectivity index (χ0) is 18.4. The van der Waals surface area contributed by atoms with Gasteiger partial charge in [-0.2, -0.15) is 0 Å². The van der Waals surface area contributed by atoms with E-state index in [1.807, 2.05) is 0 Å².